The summed E-state index contributed by atoms with van der Waals surface area (Å²) < 4.78 is 0. The van der Waals surface area contributed by atoms with Gasteiger partial charge in [-0.2, -0.15) is 0 Å². The van der Waals surface area contributed by atoms with E-state index < -0.39 is 0 Å². The zero-order chi connectivity index (χ0) is 10.3. The van der Waals surface area contributed by atoms with Crippen LogP contribution < -0.4 is 5.56 Å². The Morgan fingerprint density at radius 2 is 2.21 bits per heavy atom. The molecule has 0 saturated carbocycles. The Labute approximate surface area is 84.4 Å². The van der Waals surface area contributed by atoms with Crippen molar-refractivity contribution in [3.63, 3.8) is 0 Å². The number of pyridine rings is 1. The fraction of sp³-hybridized carbons (Fsp3) is 0.200. The van der Waals surface area contributed by atoms with Gasteiger partial charge in [0, 0.05) is 5.39 Å². The molecule has 0 aliphatic heterocycles. The minimum absolute atomic E-state index is 0.183. The minimum atomic E-state index is -0.287. The van der Waals surface area contributed by atoms with Gasteiger partial charge in [-0.1, -0.05) is 0 Å². The molecule has 0 amide bonds. The van der Waals surface area contributed by atoms with E-state index in [-0.39, 0.29) is 16.9 Å². The van der Waals surface area contributed by atoms with Crippen molar-refractivity contribution in [2.75, 3.05) is 0 Å². The van der Waals surface area contributed by atoms with Gasteiger partial charge in [-0.3, -0.25) is 9.59 Å². The van der Waals surface area contributed by atoms with Gasteiger partial charge in [0.15, 0.2) is 5.78 Å². The lowest BCUT2D eigenvalue weighted by Gasteiger charge is -2.01. The first-order valence-corrected chi connectivity index (χ1v) is 5.10. The van der Waals surface area contributed by atoms with Crippen molar-refractivity contribution >= 4 is 27.3 Å². The number of thiophene rings is 1. The molecule has 0 saturated heterocycles. The second kappa shape index (κ2) is 3.06. The summed E-state index contributed by atoms with van der Waals surface area (Å²) in [7, 11) is 0. The molecule has 4 heteroatoms. The van der Waals surface area contributed by atoms with E-state index in [2.05, 4.69) is 4.98 Å². The highest BCUT2D eigenvalue weighted by Crippen LogP contribution is 2.22. The highest BCUT2D eigenvalue weighted by atomic mass is 32.1. The van der Waals surface area contributed by atoms with Crippen molar-refractivity contribution in [1.29, 1.82) is 0 Å². The summed E-state index contributed by atoms with van der Waals surface area (Å²) in [5.41, 5.74) is 0.762. The fourth-order valence-corrected chi connectivity index (χ4v) is 2.44. The summed E-state index contributed by atoms with van der Waals surface area (Å²) in [5, 5.41) is 2.86. The van der Waals surface area contributed by atoms with Crippen LogP contribution in [-0.2, 0) is 0 Å². The van der Waals surface area contributed by atoms with Crippen LogP contribution in [-0.4, -0.2) is 10.8 Å². The van der Waals surface area contributed by atoms with E-state index in [9.17, 15) is 9.59 Å². The molecule has 0 bridgehead atoms. The number of ketones is 1. The maximum Gasteiger partial charge on any atom is 0.260 e. The molecule has 2 rings (SSSR count). The molecule has 0 atom stereocenters. The van der Waals surface area contributed by atoms with Crippen LogP contribution in [0.4, 0.5) is 0 Å². The van der Waals surface area contributed by atoms with E-state index in [1.54, 1.807) is 6.92 Å². The van der Waals surface area contributed by atoms with Crippen molar-refractivity contribution in [1.82, 2.24) is 4.98 Å². The number of aryl methyl sites for hydroxylation is 1. The first-order chi connectivity index (χ1) is 6.61. The molecule has 0 aliphatic carbocycles. The van der Waals surface area contributed by atoms with Gasteiger partial charge < -0.3 is 4.98 Å². The maximum atomic E-state index is 11.5. The molecule has 72 valence electrons. The maximum absolute atomic E-state index is 11.5. The van der Waals surface area contributed by atoms with Crippen LogP contribution in [0.15, 0.2) is 16.2 Å². The number of rotatable bonds is 1. The van der Waals surface area contributed by atoms with Crippen LogP contribution in [0.25, 0.3) is 10.2 Å². The lowest BCUT2D eigenvalue weighted by Crippen LogP contribution is -2.17. The SMILES string of the molecule is CC(=O)c1c(C)c2ccsc2[nH]c1=O. The van der Waals surface area contributed by atoms with E-state index in [1.807, 2.05) is 11.4 Å². The topological polar surface area (TPSA) is 49.9 Å². The van der Waals surface area contributed by atoms with E-state index in [0.29, 0.717) is 0 Å². The highest BCUT2D eigenvalue weighted by molar-refractivity contribution is 7.16. The molecule has 0 radical (unpaired) electrons. The van der Waals surface area contributed by atoms with Crippen LogP contribution in [0, 0.1) is 6.92 Å². The summed E-state index contributed by atoms with van der Waals surface area (Å²) in [4.78, 5) is 26.3. The molecule has 2 aromatic heterocycles. The molecule has 2 aromatic rings. The number of Topliss-reactive ketones (excluding diaryl/α,β-unsaturated/α-hetero) is 1. The zero-order valence-corrected chi connectivity index (χ0v) is 8.70. The van der Waals surface area contributed by atoms with Crippen LogP contribution in [0.3, 0.4) is 0 Å². The molecular weight excluding hydrogens is 198 g/mol. The van der Waals surface area contributed by atoms with Crippen LogP contribution in [0.2, 0.25) is 0 Å². The second-order valence-corrected chi connectivity index (χ2v) is 4.09. The van der Waals surface area contributed by atoms with Gasteiger partial charge in [0.1, 0.15) is 4.83 Å². The first kappa shape index (κ1) is 9.15. The Kier molecular flexibility index (Phi) is 2.00. The van der Waals surface area contributed by atoms with Crippen molar-refractivity contribution in [2.45, 2.75) is 13.8 Å². The van der Waals surface area contributed by atoms with E-state index in [0.717, 1.165) is 15.8 Å². The summed E-state index contributed by atoms with van der Waals surface area (Å²) >= 11 is 1.47. The lowest BCUT2D eigenvalue weighted by atomic mass is 10.1. The summed E-state index contributed by atoms with van der Waals surface area (Å²) in [6, 6.07) is 1.91. The molecule has 0 aliphatic rings. The molecule has 3 nitrogen and oxygen atoms in total. The Bertz CT molecular complexity index is 565. The minimum Gasteiger partial charge on any atom is -0.313 e. The van der Waals surface area contributed by atoms with Gasteiger partial charge >= 0.3 is 0 Å². The van der Waals surface area contributed by atoms with Crippen LogP contribution in [0.1, 0.15) is 22.8 Å². The van der Waals surface area contributed by atoms with Crippen LogP contribution >= 0.6 is 11.3 Å². The first-order valence-electron chi connectivity index (χ1n) is 4.22. The number of hydrogen-bond acceptors (Lipinski definition) is 3. The number of hydrogen-bond donors (Lipinski definition) is 1. The van der Waals surface area contributed by atoms with Crippen molar-refractivity contribution < 1.29 is 4.79 Å². The summed E-state index contributed by atoms with van der Waals surface area (Å²) in [6.07, 6.45) is 0. The molecule has 0 aromatic carbocycles. The highest BCUT2D eigenvalue weighted by Gasteiger charge is 2.12. The van der Waals surface area contributed by atoms with Gasteiger partial charge in [-0.15, -0.1) is 11.3 Å². The summed E-state index contributed by atoms with van der Waals surface area (Å²) in [5.74, 6) is -0.183. The van der Waals surface area contributed by atoms with Gasteiger partial charge in [0.2, 0.25) is 0 Å². The lowest BCUT2D eigenvalue weighted by molar-refractivity contribution is 0.101. The van der Waals surface area contributed by atoms with Crippen molar-refractivity contribution in [3.8, 4) is 0 Å². The largest absolute Gasteiger partial charge is 0.313 e. The van der Waals surface area contributed by atoms with Gasteiger partial charge in [-0.25, -0.2) is 0 Å². The average Bonchev–Trinajstić information content (AvgIpc) is 2.50. The number of fused-ring (bicyclic) bond motifs is 1. The number of nitrogens with one attached hydrogen (secondary N) is 1. The molecular formula is C10H9NO2S. The monoisotopic (exact) mass is 207 g/mol. The van der Waals surface area contributed by atoms with Gasteiger partial charge in [0.05, 0.1) is 5.56 Å². The number of carbonyl (C=O) groups excluding carboxylic acids is 1. The molecule has 0 unspecified atom stereocenters. The normalized spacial score (nSPS) is 10.7. The smallest absolute Gasteiger partial charge is 0.260 e. The number of aromatic nitrogens is 1. The molecule has 0 spiro atoms. The third kappa shape index (κ3) is 1.19. The molecule has 2 heterocycles. The quantitative estimate of drug-likeness (QED) is 0.728. The molecule has 14 heavy (non-hydrogen) atoms. The van der Waals surface area contributed by atoms with E-state index in [1.165, 1.54) is 18.3 Å². The second-order valence-electron chi connectivity index (χ2n) is 3.17. The van der Waals surface area contributed by atoms with Crippen LogP contribution in [0.5, 0.6) is 0 Å². The number of aromatic amines is 1. The molecule has 1 N–H and O–H groups in total. The van der Waals surface area contributed by atoms with Crippen molar-refractivity contribution in [3.05, 3.63) is 32.9 Å². The third-order valence-electron chi connectivity index (χ3n) is 2.25. The number of H-pyrrole nitrogens is 1. The predicted molar refractivity (Wildman–Crippen MR) is 57.2 cm³/mol. The van der Waals surface area contributed by atoms with Gasteiger partial charge in [0.25, 0.3) is 5.56 Å². The van der Waals surface area contributed by atoms with Gasteiger partial charge in [-0.05, 0) is 30.9 Å². The third-order valence-corrected chi connectivity index (χ3v) is 3.08. The molecule has 0 fully saturated rings. The zero-order valence-electron chi connectivity index (χ0n) is 7.88. The number of carbonyl (C=O) groups is 1. The Hall–Kier alpha value is -1.42. The standard InChI is InChI=1S/C10H9NO2S/c1-5-7-3-4-14-10(7)11-9(13)8(5)6(2)12/h3-4H,1-2H3,(H,11,13). The Balaban J connectivity index is 2.96. The van der Waals surface area contributed by atoms with Crippen molar-refractivity contribution in [2.24, 2.45) is 0 Å². The predicted octanol–water partition coefficient (Wildman–Crippen LogP) is 2.10. The fourth-order valence-electron chi connectivity index (χ4n) is 1.60. The van der Waals surface area contributed by atoms with E-state index >= 15 is 0 Å². The Morgan fingerprint density at radius 1 is 1.50 bits per heavy atom. The Morgan fingerprint density at radius 3 is 2.86 bits per heavy atom. The summed E-state index contributed by atoms with van der Waals surface area (Å²) in [6.45, 7) is 3.22. The average molecular weight is 207 g/mol. The van der Waals surface area contributed by atoms with E-state index in [4.69, 9.17) is 0 Å².